The first-order valence-corrected chi connectivity index (χ1v) is 20.0. The largest absolute Gasteiger partial charge is 0.444 e. The second-order valence-corrected chi connectivity index (χ2v) is 17.5. The summed E-state index contributed by atoms with van der Waals surface area (Å²) in [6.45, 7) is 12.3. The van der Waals surface area contributed by atoms with Crippen molar-refractivity contribution in [2.75, 3.05) is 36.0 Å². The first-order chi connectivity index (χ1) is 26.8. The number of piperidine rings is 2. The second-order valence-electron chi connectivity index (χ2n) is 16.2. The van der Waals surface area contributed by atoms with E-state index < -0.39 is 34.3 Å². The van der Waals surface area contributed by atoms with E-state index in [9.17, 15) is 28.8 Å². The monoisotopic (exact) mass is 910 g/mol. The molecule has 0 aliphatic carbocycles. The fourth-order valence-corrected chi connectivity index (χ4v) is 7.17. The highest BCUT2D eigenvalue weighted by Gasteiger charge is 2.54. The average molecular weight is 911 g/mol. The third kappa shape index (κ3) is 11.0. The molecular weight excluding hydrogens is 855 g/mol. The molecule has 3 aromatic rings. The first-order valence-electron chi connectivity index (χ1n) is 18.9. The lowest BCUT2D eigenvalue weighted by Crippen LogP contribution is -2.56. The molecule has 0 aromatic heterocycles. The number of amides is 8. The van der Waals surface area contributed by atoms with Crippen molar-refractivity contribution < 1.29 is 38.2 Å². The number of para-hydroxylation sites is 2. The van der Waals surface area contributed by atoms with Gasteiger partial charge in [-0.3, -0.25) is 9.59 Å². The van der Waals surface area contributed by atoms with Crippen molar-refractivity contribution in [3.8, 4) is 0 Å². The maximum absolute atomic E-state index is 12.9. The van der Waals surface area contributed by atoms with Crippen LogP contribution >= 0.6 is 22.6 Å². The van der Waals surface area contributed by atoms with Gasteiger partial charge < -0.3 is 29.9 Å². The predicted octanol–water partition coefficient (Wildman–Crippen LogP) is 7.95. The minimum atomic E-state index is -0.939. The minimum Gasteiger partial charge on any atom is -0.444 e. The third-order valence-electron chi connectivity index (χ3n) is 9.62. The van der Waals surface area contributed by atoms with E-state index >= 15 is 0 Å². The van der Waals surface area contributed by atoms with E-state index in [1.807, 2.05) is 71.9 Å². The van der Waals surface area contributed by atoms with Crippen LogP contribution in [0.15, 0.2) is 91.0 Å². The number of imide groups is 2. The van der Waals surface area contributed by atoms with E-state index in [0.717, 1.165) is 0 Å². The van der Waals surface area contributed by atoms with Crippen molar-refractivity contribution in [1.82, 2.24) is 20.4 Å². The van der Waals surface area contributed by atoms with E-state index in [1.165, 1.54) is 13.4 Å². The van der Waals surface area contributed by atoms with Crippen LogP contribution in [0.5, 0.6) is 0 Å². The summed E-state index contributed by atoms with van der Waals surface area (Å²) >= 11 is 2.28. The van der Waals surface area contributed by atoms with E-state index in [0.29, 0.717) is 63.2 Å². The summed E-state index contributed by atoms with van der Waals surface area (Å²) in [5.74, 6) is -0.514. The number of ether oxygens (including phenoxy) is 2. The number of halogens is 1. The number of carbonyl (C=O) groups is 6. The van der Waals surface area contributed by atoms with Crippen molar-refractivity contribution in [2.45, 2.75) is 96.9 Å². The molecule has 4 fully saturated rings. The van der Waals surface area contributed by atoms with Gasteiger partial charge in [-0.2, -0.15) is 0 Å². The summed E-state index contributed by atoms with van der Waals surface area (Å²) in [6.07, 6.45) is 0.721. The highest BCUT2D eigenvalue weighted by molar-refractivity contribution is 14.1. The smallest absolute Gasteiger partial charge is 0.410 e. The van der Waals surface area contributed by atoms with Gasteiger partial charge in [0, 0.05) is 29.7 Å². The quantitative estimate of drug-likeness (QED) is 0.194. The standard InChI is InChI=1S/2C18H23N3O4.C6H5I.CH4/c2*1-17(2,3)25-16(24)20-11-9-18(10-12-20)14(22)21(15(23)19-18)13-7-5-4-6-8-13;7-6-4-2-1-3-5-6;/h2*4-8H,9-12H2,1-3H3,(H,19,23);1-5H;1H4. The molecule has 14 nitrogen and oxygen atoms in total. The van der Waals surface area contributed by atoms with Gasteiger partial charge in [-0.05, 0) is 126 Å². The molecule has 0 radical (unpaired) electrons. The lowest BCUT2D eigenvalue weighted by Gasteiger charge is -2.37. The Kier molecular flexibility index (Phi) is 14.6. The Morgan fingerprint density at radius 3 is 1.10 bits per heavy atom. The van der Waals surface area contributed by atoms with Gasteiger partial charge in [0.05, 0.1) is 11.4 Å². The van der Waals surface area contributed by atoms with Crippen LogP contribution in [0.3, 0.4) is 0 Å². The number of urea groups is 2. The maximum atomic E-state index is 12.9. The topological polar surface area (TPSA) is 158 Å². The molecule has 2 spiro atoms. The molecule has 0 bridgehead atoms. The minimum absolute atomic E-state index is 0. The fraction of sp³-hybridized carbons (Fsp3) is 0.442. The van der Waals surface area contributed by atoms with E-state index in [2.05, 4.69) is 45.4 Å². The van der Waals surface area contributed by atoms with Crippen molar-refractivity contribution in [2.24, 2.45) is 0 Å². The summed E-state index contributed by atoms with van der Waals surface area (Å²) in [5.41, 5.74) is -1.90. The molecule has 4 saturated heterocycles. The van der Waals surface area contributed by atoms with Crippen molar-refractivity contribution >= 4 is 70.0 Å². The zero-order chi connectivity index (χ0) is 41.6. The van der Waals surface area contributed by atoms with Crippen LogP contribution in [0.25, 0.3) is 0 Å². The molecule has 2 N–H and O–H groups in total. The fourth-order valence-electron chi connectivity index (χ4n) is 6.75. The molecule has 4 aliphatic rings. The normalized spacial score (nSPS) is 18.3. The maximum Gasteiger partial charge on any atom is 0.410 e. The second kappa shape index (κ2) is 18.6. The van der Waals surface area contributed by atoms with Gasteiger partial charge in [-0.25, -0.2) is 29.0 Å². The molecule has 3 aromatic carbocycles. The van der Waals surface area contributed by atoms with Gasteiger partial charge in [0.15, 0.2) is 0 Å². The molecule has 0 saturated carbocycles. The predicted molar refractivity (Wildman–Crippen MR) is 230 cm³/mol. The molecule has 0 atom stereocenters. The molecule has 4 aliphatic heterocycles. The molecule has 7 rings (SSSR count). The Morgan fingerprint density at radius 1 is 0.552 bits per heavy atom. The van der Waals surface area contributed by atoms with E-state index in [4.69, 9.17) is 9.47 Å². The number of nitrogens with zero attached hydrogens (tertiary/aromatic N) is 4. The van der Waals surface area contributed by atoms with Gasteiger partial charge >= 0.3 is 24.2 Å². The zero-order valence-corrected chi connectivity index (χ0v) is 35.4. The summed E-state index contributed by atoms with van der Waals surface area (Å²) in [7, 11) is 0. The van der Waals surface area contributed by atoms with Crippen molar-refractivity contribution in [3.63, 3.8) is 0 Å². The Bertz CT molecular complexity index is 1800. The molecule has 8 amide bonds. The summed E-state index contributed by atoms with van der Waals surface area (Å²) in [4.78, 5) is 80.4. The van der Waals surface area contributed by atoms with E-state index in [1.54, 1.807) is 58.3 Å². The zero-order valence-electron chi connectivity index (χ0n) is 33.2. The number of hydrogen-bond acceptors (Lipinski definition) is 8. The number of benzene rings is 3. The van der Waals surface area contributed by atoms with E-state index in [-0.39, 0.29) is 31.4 Å². The van der Waals surface area contributed by atoms with Crippen LogP contribution in [0.4, 0.5) is 30.6 Å². The number of rotatable bonds is 2. The molecule has 0 unspecified atom stereocenters. The van der Waals surface area contributed by atoms with Gasteiger partial charge in [0.2, 0.25) is 0 Å². The summed E-state index contributed by atoms with van der Waals surface area (Å²) < 4.78 is 12.0. The molecule has 58 heavy (non-hydrogen) atoms. The number of likely N-dealkylation sites (tertiary alicyclic amines) is 2. The summed E-state index contributed by atoms with van der Waals surface area (Å²) in [5, 5.41) is 5.67. The average Bonchev–Trinajstić information content (AvgIpc) is 3.54. The van der Waals surface area contributed by atoms with Crippen LogP contribution in [0.1, 0.15) is 74.7 Å². The van der Waals surface area contributed by atoms with Gasteiger partial charge in [-0.1, -0.05) is 62.0 Å². The Hall–Kier alpha value is -5.19. The summed E-state index contributed by atoms with van der Waals surface area (Å²) in [6, 6.07) is 27.1. The van der Waals surface area contributed by atoms with Crippen LogP contribution in [0.2, 0.25) is 0 Å². The van der Waals surface area contributed by atoms with Gasteiger partial charge in [-0.15, -0.1) is 0 Å². The molecule has 15 heteroatoms. The highest BCUT2D eigenvalue weighted by atomic mass is 127. The molecule has 4 heterocycles. The number of carbonyl (C=O) groups excluding carboxylic acids is 6. The van der Waals surface area contributed by atoms with Gasteiger partial charge in [0.25, 0.3) is 11.8 Å². The van der Waals surface area contributed by atoms with Crippen LogP contribution in [-0.2, 0) is 19.1 Å². The van der Waals surface area contributed by atoms with Crippen LogP contribution < -0.4 is 20.4 Å². The third-order valence-corrected chi connectivity index (χ3v) is 10.3. The molecule has 312 valence electrons. The number of anilines is 2. The number of hydrogen-bond donors (Lipinski definition) is 2. The molecular formula is C43H55IN6O8. The Balaban J connectivity index is 0.000000216. The van der Waals surface area contributed by atoms with Crippen molar-refractivity contribution in [3.05, 3.63) is 94.6 Å². The SMILES string of the molecule is C.CC(C)(C)OC(=O)N1CCC2(CC1)NC(=O)N(c1ccccc1)C2=O.CC(C)(C)OC(=O)N1CCC2(CC1)NC(=O)N(c1ccccc1)C2=O.Ic1ccccc1. The lowest BCUT2D eigenvalue weighted by atomic mass is 9.87. The first kappa shape index (κ1) is 45.5. The Labute approximate surface area is 354 Å². The van der Waals surface area contributed by atoms with Gasteiger partial charge in [0.1, 0.15) is 22.3 Å². The van der Waals surface area contributed by atoms with Crippen LogP contribution in [-0.4, -0.2) is 94.3 Å². The Morgan fingerprint density at radius 2 is 0.845 bits per heavy atom. The highest BCUT2D eigenvalue weighted by Crippen LogP contribution is 2.34. The van der Waals surface area contributed by atoms with Crippen LogP contribution in [0, 0.1) is 3.57 Å². The number of nitrogens with one attached hydrogen (secondary N) is 2. The van der Waals surface area contributed by atoms with Crippen molar-refractivity contribution in [1.29, 1.82) is 0 Å². The lowest BCUT2D eigenvalue weighted by molar-refractivity contribution is -0.124.